The van der Waals surface area contributed by atoms with E-state index in [4.69, 9.17) is 0 Å². The van der Waals surface area contributed by atoms with Crippen LogP contribution in [0.5, 0.6) is 0 Å². The van der Waals surface area contributed by atoms with Crippen molar-refractivity contribution in [3.05, 3.63) is 35.4 Å². The van der Waals surface area contributed by atoms with Crippen molar-refractivity contribution in [2.24, 2.45) is 0 Å². The molecule has 0 unspecified atom stereocenters. The van der Waals surface area contributed by atoms with Crippen LogP contribution in [0.1, 0.15) is 25.0 Å². The molecule has 1 aromatic carbocycles. The van der Waals surface area contributed by atoms with Crippen LogP contribution in [0.3, 0.4) is 0 Å². The standard InChI is InChI=1S/C12H18Si/c1-3-13(4-2)9-11-7-5-6-8-12(11)10-13/h5-8H,3-4,9-10H2,1-2H3. The molecular formula is C12H18Si. The molecule has 1 aromatic rings. The van der Waals surface area contributed by atoms with Gasteiger partial charge in [0.2, 0.25) is 0 Å². The lowest BCUT2D eigenvalue weighted by Gasteiger charge is -2.22. The van der Waals surface area contributed by atoms with Crippen molar-refractivity contribution in [3.63, 3.8) is 0 Å². The molecule has 13 heavy (non-hydrogen) atoms. The Bertz CT molecular complexity index is 273. The first-order valence-corrected chi connectivity index (χ1v) is 8.19. The van der Waals surface area contributed by atoms with E-state index >= 15 is 0 Å². The molecule has 0 aromatic heterocycles. The second kappa shape index (κ2) is 3.30. The molecule has 0 N–H and O–H groups in total. The number of hydrogen-bond acceptors (Lipinski definition) is 0. The summed E-state index contributed by atoms with van der Waals surface area (Å²) in [6.45, 7) is 4.78. The number of benzene rings is 1. The molecule has 0 radical (unpaired) electrons. The number of rotatable bonds is 2. The zero-order valence-electron chi connectivity index (χ0n) is 8.64. The summed E-state index contributed by atoms with van der Waals surface area (Å²) in [5.41, 5.74) is 3.30. The van der Waals surface area contributed by atoms with Crippen LogP contribution in [-0.4, -0.2) is 8.07 Å². The molecule has 0 fully saturated rings. The van der Waals surface area contributed by atoms with Gasteiger partial charge in [0.05, 0.1) is 8.07 Å². The van der Waals surface area contributed by atoms with Gasteiger partial charge in [-0.25, -0.2) is 0 Å². The molecule has 0 saturated carbocycles. The van der Waals surface area contributed by atoms with E-state index in [2.05, 4.69) is 38.1 Å². The first kappa shape index (κ1) is 9.01. The highest BCUT2D eigenvalue weighted by atomic mass is 28.3. The van der Waals surface area contributed by atoms with Crippen LogP contribution in [0.4, 0.5) is 0 Å². The largest absolute Gasteiger partial charge is 0.0677 e. The van der Waals surface area contributed by atoms with Gasteiger partial charge in [-0.05, 0) is 23.2 Å². The normalized spacial score (nSPS) is 18.6. The van der Waals surface area contributed by atoms with Gasteiger partial charge in [-0.2, -0.15) is 0 Å². The molecule has 0 bridgehead atoms. The summed E-state index contributed by atoms with van der Waals surface area (Å²) in [5.74, 6) is 0. The minimum atomic E-state index is -0.885. The Morgan fingerprint density at radius 3 is 1.85 bits per heavy atom. The van der Waals surface area contributed by atoms with Crippen molar-refractivity contribution < 1.29 is 0 Å². The molecule has 0 amide bonds. The second-order valence-corrected chi connectivity index (χ2v) is 9.45. The van der Waals surface area contributed by atoms with Gasteiger partial charge in [-0.1, -0.05) is 50.2 Å². The third-order valence-corrected chi connectivity index (χ3v) is 9.01. The number of fused-ring (bicyclic) bond motifs is 1. The summed E-state index contributed by atoms with van der Waals surface area (Å²) in [4.78, 5) is 0. The smallest absolute Gasteiger partial charge is 0.0617 e. The van der Waals surface area contributed by atoms with E-state index in [0.717, 1.165) is 0 Å². The van der Waals surface area contributed by atoms with E-state index in [1.807, 2.05) is 0 Å². The average Bonchev–Trinajstić information content (AvgIpc) is 2.57. The molecule has 0 aliphatic carbocycles. The van der Waals surface area contributed by atoms with Gasteiger partial charge in [0.15, 0.2) is 0 Å². The van der Waals surface area contributed by atoms with Gasteiger partial charge in [0.1, 0.15) is 0 Å². The SMILES string of the molecule is CC[Si]1(CC)Cc2ccccc2C1. The predicted molar refractivity (Wildman–Crippen MR) is 60.6 cm³/mol. The van der Waals surface area contributed by atoms with Gasteiger partial charge in [0, 0.05) is 0 Å². The van der Waals surface area contributed by atoms with Crippen LogP contribution in [-0.2, 0) is 12.1 Å². The first-order valence-electron chi connectivity index (χ1n) is 5.36. The Labute approximate surface area is 82.0 Å². The fourth-order valence-electron chi connectivity index (χ4n) is 2.52. The maximum atomic E-state index is 2.39. The Balaban J connectivity index is 2.30. The molecule has 70 valence electrons. The zero-order valence-corrected chi connectivity index (χ0v) is 9.64. The molecule has 1 heteroatoms. The van der Waals surface area contributed by atoms with Gasteiger partial charge < -0.3 is 0 Å². The second-order valence-electron chi connectivity index (χ2n) is 4.33. The van der Waals surface area contributed by atoms with E-state index in [1.54, 1.807) is 11.1 Å². The van der Waals surface area contributed by atoms with Crippen molar-refractivity contribution in [1.29, 1.82) is 0 Å². The third kappa shape index (κ3) is 1.46. The summed E-state index contributed by atoms with van der Waals surface area (Å²) in [5, 5.41) is 0. The molecule has 1 aliphatic heterocycles. The molecule has 1 heterocycles. The summed E-state index contributed by atoms with van der Waals surface area (Å²) >= 11 is 0. The summed E-state index contributed by atoms with van der Waals surface area (Å²) in [7, 11) is -0.885. The fourth-order valence-corrected chi connectivity index (χ4v) is 6.45. The maximum Gasteiger partial charge on any atom is 0.0617 e. The Morgan fingerprint density at radius 1 is 1.00 bits per heavy atom. The van der Waals surface area contributed by atoms with Crippen molar-refractivity contribution in [2.45, 2.75) is 38.0 Å². The quantitative estimate of drug-likeness (QED) is 0.627. The molecular weight excluding hydrogens is 172 g/mol. The average molecular weight is 190 g/mol. The lowest BCUT2D eigenvalue weighted by atomic mass is 10.1. The summed E-state index contributed by atoms with van der Waals surface area (Å²) in [6, 6.07) is 14.8. The van der Waals surface area contributed by atoms with Gasteiger partial charge in [-0.15, -0.1) is 0 Å². The van der Waals surface area contributed by atoms with Crippen molar-refractivity contribution >= 4 is 8.07 Å². The molecule has 0 nitrogen and oxygen atoms in total. The van der Waals surface area contributed by atoms with Crippen LogP contribution < -0.4 is 0 Å². The zero-order chi connectivity index (χ0) is 9.31. The fraction of sp³-hybridized carbons (Fsp3) is 0.500. The van der Waals surface area contributed by atoms with Gasteiger partial charge in [-0.3, -0.25) is 0 Å². The minimum Gasteiger partial charge on any atom is -0.0677 e. The maximum absolute atomic E-state index is 2.39. The molecule has 0 saturated heterocycles. The molecule has 0 spiro atoms. The Morgan fingerprint density at radius 2 is 1.46 bits per heavy atom. The van der Waals surface area contributed by atoms with Gasteiger partial charge >= 0.3 is 0 Å². The van der Waals surface area contributed by atoms with Crippen LogP contribution in [0.2, 0.25) is 12.1 Å². The van der Waals surface area contributed by atoms with Crippen LogP contribution in [0.15, 0.2) is 24.3 Å². The third-order valence-electron chi connectivity index (χ3n) is 3.75. The van der Waals surface area contributed by atoms with Gasteiger partial charge in [0.25, 0.3) is 0 Å². The highest BCUT2D eigenvalue weighted by Gasteiger charge is 2.35. The van der Waals surface area contributed by atoms with Crippen LogP contribution in [0, 0.1) is 0 Å². The minimum absolute atomic E-state index is 0.885. The molecule has 2 rings (SSSR count). The van der Waals surface area contributed by atoms with Crippen LogP contribution >= 0.6 is 0 Å². The van der Waals surface area contributed by atoms with E-state index < -0.39 is 8.07 Å². The van der Waals surface area contributed by atoms with E-state index in [0.29, 0.717) is 0 Å². The highest BCUT2D eigenvalue weighted by molar-refractivity contribution is 6.79. The topological polar surface area (TPSA) is 0 Å². The first-order chi connectivity index (χ1) is 6.29. The molecule has 1 aliphatic rings. The lowest BCUT2D eigenvalue weighted by Crippen LogP contribution is -2.34. The van der Waals surface area contributed by atoms with E-state index in [-0.39, 0.29) is 0 Å². The molecule has 0 atom stereocenters. The van der Waals surface area contributed by atoms with E-state index in [9.17, 15) is 0 Å². The Kier molecular flexibility index (Phi) is 2.29. The van der Waals surface area contributed by atoms with Crippen molar-refractivity contribution in [2.75, 3.05) is 0 Å². The van der Waals surface area contributed by atoms with Crippen molar-refractivity contribution in [1.82, 2.24) is 0 Å². The van der Waals surface area contributed by atoms with E-state index in [1.165, 1.54) is 24.2 Å². The summed E-state index contributed by atoms with van der Waals surface area (Å²) in [6.07, 6.45) is 0. The predicted octanol–water partition coefficient (Wildman–Crippen LogP) is 3.35. The van der Waals surface area contributed by atoms with Crippen LogP contribution in [0.25, 0.3) is 0 Å². The number of hydrogen-bond donors (Lipinski definition) is 0. The lowest BCUT2D eigenvalue weighted by molar-refractivity contribution is 1.16. The highest BCUT2D eigenvalue weighted by Crippen LogP contribution is 2.33. The monoisotopic (exact) mass is 190 g/mol. The Hall–Kier alpha value is -0.563. The van der Waals surface area contributed by atoms with Crippen molar-refractivity contribution in [3.8, 4) is 0 Å². The summed E-state index contributed by atoms with van der Waals surface area (Å²) < 4.78 is 0.